The molecule has 112 valence electrons. The highest BCUT2D eigenvalue weighted by Crippen LogP contribution is 2.28. The molecule has 3 heteroatoms. The molecule has 0 amide bonds. The molecule has 0 aliphatic heterocycles. The number of ether oxygens (including phenoxy) is 1. The Bertz CT molecular complexity index is 437. The van der Waals surface area contributed by atoms with E-state index in [1.807, 2.05) is 13.1 Å². The highest BCUT2D eigenvalue weighted by atomic mass is 16.5. The molecule has 1 aromatic rings. The first kappa shape index (κ1) is 15.3. The Balaban J connectivity index is 1.85. The molecule has 3 nitrogen and oxygen atoms in total. The summed E-state index contributed by atoms with van der Waals surface area (Å²) in [6, 6.07) is 0. The molecule has 2 rings (SSSR count). The van der Waals surface area contributed by atoms with Gasteiger partial charge in [0.2, 0.25) is 0 Å². The molecule has 20 heavy (non-hydrogen) atoms. The standard InChI is InChI=1S/C17H28N2O/c1-12-5-7-15(8-6-12)10-18-11-16-14(3)17(20-4)13(2)9-19-16/h9,12,15,18H,5-8,10-11H2,1-4H3. The van der Waals surface area contributed by atoms with Gasteiger partial charge in [-0.05, 0) is 45.1 Å². The monoisotopic (exact) mass is 276 g/mol. The molecule has 0 spiro atoms. The van der Waals surface area contributed by atoms with Gasteiger partial charge in [0.05, 0.1) is 12.8 Å². The summed E-state index contributed by atoms with van der Waals surface area (Å²) in [5.41, 5.74) is 3.38. The SMILES string of the molecule is COc1c(C)cnc(CNCC2CCC(C)CC2)c1C. The Hall–Kier alpha value is -1.09. The summed E-state index contributed by atoms with van der Waals surface area (Å²) in [5.74, 6) is 2.75. The van der Waals surface area contributed by atoms with Gasteiger partial charge in [-0.1, -0.05) is 19.8 Å². The summed E-state index contributed by atoms with van der Waals surface area (Å²) in [7, 11) is 1.73. The summed E-state index contributed by atoms with van der Waals surface area (Å²) in [4.78, 5) is 4.54. The highest BCUT2D eigenvalue weighted by molar-refractivity contribution is 5.40. The van der Waals surface area contributed by atoms with Crippen molar-refractivity contribution in [2.45, 2.75) is 53.0 Å². The maximum atomic E-state index is 5.46. The van der Waals surface area contributed by atoms with Crippen LogP contribution in [0.25, 0.3) is 0 Å². The van der Waals surface area contributed by atoms with Crippen molar-refractivity contribution in [3.63, 3.8) is 0 Å². The third kappa shape index (κ3) is 3.72. The maximum absolute atomic E-state index is 5.46. The minimum atomic E-state index is 0.842. The van der Waals surface area contributed by atoms with E-state index < -0.39 is 0 Å². The van der Waals surface area contributed by atoms with Gasteiger partial charge in [0, 0.05) is 23.9 Å². The van der Waals surface area contributed by atoms with Crippen LogP contribution in [0, 0.1) is 25.7 Å². The second-order valence-electron chi connectivity index (χ2n) is 6.30. The molecule has 1 heterocycles. The van der Waals surface area contributed by atoms with Crippen LogP contribution < -0.4 is 10.1 Å². The molecular formula is C17H28N2O. The zero-order valence-electron chi connectivity index (χ0n) is 13.3. The minimum absolute atomic E-state index is 0.842. The molecular weight excluding hydrogens is 248 g/mol. The summed E-state index contributed by atoms with van der Waals surface area (Å²) in [6.07, 6.45) is 7.44. The summed E-state index contributed by atoms with van der Waals surface area (Å²) >= 11 is 0. The van der Waals surface area contributed by atoms with Crippen molar-refractivity contribution in [2.24, 2.45) is 11.8 Å². The van der Waals surface area contributed by atoms with E-state index in [-0.39, 0.29) is 0 Å². The topological polar surface area (TPSA) is 34.1 Å². The van der Waals surface area contributed by atoms with Crippen LogP contribution in [0.5, 0.6) is 5.75 Å². The van der Waals surface area contributed by atoms with Gasteiger partial charge in [-0.25, -0.2) is 0 Å². The van der Waals surface area contributed by atoms with Gasteiger partial charge < -0.3 is 10.1 Å². The first-order valence-corrected chi connectivity index (χ1v) is 7.81. The Morgan fingerprint density at radius 2 is 1.95 bits per heavy atom. The van der Waals surface area contributed by atoms with Crippen molar-refractivity contribution in [1.29, 1.82) is 0 Å². The number of nitrogens with zero attached hydrogens (tertiary/aromatic N) is 1. The number of hydrogen-bond donors (Lipinski definition) is 1. The van der Waals surface area contributed by atoms with Crippen molar-refractivity contribution in [2.75, 3.05) is 13.7 Å². The zero-order chi connectivity index (χ0) is 14.5. The van der Waals surface area contributed by atoms with Crippen molar-refractivity contribution < 1.29 is 4.74 Å². The molecule has 1 saturated carbocycles. The van der Waals surface area contributed by atoms with Gasteiger partial charge in [0.25, 0.3) is 0 Å². The van der Waals surface area contributed by atoms with Crippen molar-refractivity contribution >= 4 is 0 Å². The number of nitrogens with one attached hydrogen (secondary N) is 1. The summed E-state index contributed by atoms with van der Waals surface area (Å²) < 4.78 is 5.46. The Kier molecular flexibility index (Phi) is 5.41. The number of methoxy groups -OCH3 is 1. The third-order valence-corrected chi connectivity index (χ3v) is 4.61. The molecule has 1 aliphatic carbocycles. The fourth-order valence-corrected chi connectivity index (χ4v) is 3.18. The molecule has 0 aromatic carbocycles. The van der Waals surface area contributed by atoms with E-state index in [0.29, 0.717) is 0 Å². The molecule has 0 bridgehead atoms. The lowest BCUT2D eigenvalue weighted by Gasteiger charge is -2.26. The van der Waals surface area contributed by atoms with Gasteiger partial charge in [0.15, 0.2) is 0 Å². The second kappa shape index (κ2) is 7.07. The minimum Gasteiger partial charge on any atom is -0.496 e. The molecule has 1 aromatic heterocycles. The molecule has 0 saturated heterocycles. The predicted octanol–water partition coefficient (Wildman–Crippen LogP) is 3.62. The largest absolute Gasteiger partial charge is 0.496 e. The van der Waals surface area contributed by atoms with E-state index >= 15 is 0 Å². The molecule has 0 unspecified atom stereocenters. The molecule has 1 N–H and O–H groups in total. The zero-order valence-corrected chi connectivity index (χ0v) is 13.3. The smallest absolute Gasteiger partial charge is 0.128 e. The summed E-state index contributed by atoms with van der Waals surface area (Å²) in [5, 5.41) is 3.58. The third-order valence-electron chi connectivity index (χ3n) is 4.61. The van der Waals surface area contributed by atoms with E-state index in [4.69, 9.17) is 4.74 Å². The van der Waals surface area contributed by atoms with E-state index in [2.05, 4.69) is 24.1 Å². The highest BCUT2D eigenvalue weighted by Gasteiger charge is 2.18. The van der Waals surface area contributed by atoms with Gasteiger partial charge in [-0.2, -0.15) is 0 Å². The Labute approximate surface area is 123 Å². The van der Waals surface area contributed by atoms with Crippen molar-refractivity contribution in [3.05, 3.63) is 23.0 Å². The molecule has 1 aliphatic rings. The van der Waals surface area contributed by atoms with Gasteiger partial charge >= 0.3 is 0 Å². The van der Waals surface area contributed by atoms with Gasteiger partial charge in [0.1, 0.15) is 5.75 Å². The van der Waals surface area contributed by atoms with Gasteiger partial charge in [-0.3, -0.25) is 4.98 Å². The predicted molar refractivity (Wildman–Crippen MR) is 83.1 cm³/mol. The van der Waals surface area contributed by atoms with Crippen LogP contribution >= 0.6 is 0 Å². The normalized spacial score (nSPS) is 22.8. The Morgan fingerprint density at radius 3 is 2.60 bits per heavy atom. The van der Waals surface area contributed by atoms with Crippen LogP contribution in [0.1, 0.15) is 49.4 Å². The lowest BCUT2D eigenvalue weighted by molar-refractivity contribution is 0.281. The summed E-state index contributed by atoms with van der Waals surface area (Å²) in [6.45, 7) is 8.46. The van der Waals surface area contributed by atoms with Gasteiger partial charge in [-0.15, -0.1) is 0 Å². The first-order chi connectivity index (χ1) is 9.61. The maximum Gasteiger partial charge on any atom is 0.128 e. The average molecular weight is 276 g/mol. The second-order valence-corrected chi connectivity index (χ2v) is 6.30. The molecule has 0 atom stereocenters. The fraction of sp³-hybridized carbons (Fsp3) is 0.706. The fourth-order valence-electron chi connectivity index (χ4n) is 3.18. The Morgan fingerprint density at radius 1 is 1.25 bits per heavy atom. The van der Waals surface area contributed by atoms with Crippen LogP contribution in [-0.4, -0.2) is 18.6 Å². The number of hydrogen-bond acceptors (Lipinski definition) is 3. The number of pyridine rings is 1. The van der Waals surface area contributed by atoms with Crippen molar-refractivity contribution in [3.8, 4) is 5.75 Å². The van der Waals surface area contributed by atoms with E-state index in [0.717, 1.165) is 47.5 Å². The number of aryl methyl sites for hydroxylation is 1. The average Bonchev–Trinajstić information content (AvgIpc) is 2.44. The van der Waals surface area contributed by atoms with Crippen molar-refractivity contribution in [1.82, 2.24) is 10.3 Å². The van der Waals surface area contributed by atoms with Crippen LogP contribution in [0.15, 0.2) is 6.20 Å². The van der Waals surface area contributed by atoms with E-state index in [1.165, 1.54) is 25.7 Å². The van der Waals surface area contributed by atoms with E-state index in [1.54, 1.807) is 7.11 Å². The lowest BCUT2D eigenvalue weighted by atomic mass is 9.83. The lowest BCUT2D eigenvalue weighted by Crippen LogP contribution is -2.26. The quantitative estimate of drug-likeness (QED) is 0.892. The van der Waals surface area contributed by atoms with Crippen LogP contribution in [-0.2, 0) is 6.54 Å². The van der Waals surface area contributed by atoms with Crippen LogP contribution in [0.4, 0.5) is 0 Å². The molecule has 1 fully saturated rings. The van der Waals surface area contributed by atoms with Crippen LogP contribution in [0.3, 0.4) is 0 Å². The number of aromatic nitrogens is 1. The van der Waals surface area contributed by atoms with Crippen LogP contribution in [0.2, 0.25) is 0 Å². The number of rotatable bonds is 5. The molecule has 0 radical (unpaired) electrons. The first-order valence-electron chi connectivity index (χ1n) is 7.81. The van der Waals surface area contributed by atoms with E-state index in [9.17, 15) is 0 Å².